The molecular weight excluding hydrogens is 314 g/mol. The molecule has 0 saturated carbocycles. The van der Waals surface area contributed by atoms with Gasteiger partial charge in [-0.2, -0.15) is 5.10 Å². The van der Waals surface area contributed by atoms with Crippen molar-refractivity contribution >= 4 is 0 Å². The Bertz CT molecular complexity index is 694. The number of nitrogens with one attached hydrogen (secondary N) is 1. The van der Waals surface area contributed by atoms with E-state index in [2.05, 4.69) is 54.8 Å². The van der Waals surface area contributed by atoms with Crippen LogP contribution >= 0.6 is 0 Å². The summed E-state index contributed by atoms with van der Waals surface area (Å²) in [4.78, 5) is 2.54. The number of rotatable bonds is 5. The summed E-state index contributed by atoms with van der Waals surface area (Å²) in [6.07, 6.45) is 6.57. The molecule has 7 heteroatoms. The van der Waals surface area contributed by atoms with E-state index in [1.807, 2.05) is 6.20 Å². The molecule has 0 unspecified atom stereocenters. The third-order valence-corrected chi connectivity index (χ3v) is 5.25. The van der Waals surface area contributed by atoms with Gasteiger partial charge < -0.3 is 9.88 Å². The van der Waals surface area contributed by atoms with Crippen LogP contribution in [0, 0.1) is 5.92 Å². The maximum absolute atomic E-state index is 4.50. The van der Waals surface area contributed by atoms with Gasteiger partial charge in [-0.1, -0.05) is 13.8 Å². The molecule has 2 aromatic rings. The van der Waals surface area contributed by atoms with Crippen molar-refractivity contribution in [2.45, 2.75) is 58.8 Å². The molecule has 0 aromatic carbocycles. The minimum absolute atomic E-state index is 0.555. The van der Waals surface area contributed by atoms with Crippen molar-refractivity contribution in [3.8, 4) is 0 Å². The number of likely N-dealkylation sites (tertiary alicyclic amines) is 1. The van der Waals surface area contributed by atoms with E-state index >= 15 is 0 Å². The summed E-state index contributed by atoms with van der Waals surface area (Å²) in [6.45, 7) is 11.6. The largest absolute Gasteiger partial charge is 0.312 e. The first kappa shape index (κ1) is 16.7. The van der Waals surface area contributed by atoms with E-state index in [0.29, 0.717) is 11.8 Å². The number of nitrogens with zero attached hydrogens (tertiary/aromatic N) is 6. The van der Waals surface area contributed by atoms with E-state index in [9.17, 15) is 0 Å². The molecule has 0 bridgehead atoms. The van der Waals surface area contributed by atoms with Gasteiger partial charge in [-0.3, -0.25) is 9.58 Å². The fraction of sp³-hybridized carbons (Fsp3) is 0.722. The fourth-order valence-corrected chi connectivity index (χ4v) is 3.99. The maximum Gasteiger partial charge on any atom is 0.147 e. The summed E-state index contributed by atoms with van der Waals surface area (Å²) >= 11 is 0. The molecule has 0 atom stereocenters. The van der Waals surface area contributed by atoms with Crippen LogP contribution in [0.2, 0.25) is 0 Å². The molecule has 0 radical (unpaired) electrons. The number of fused-ring (bicyclic) bond motifs is 1. The minimum atomic E-state index is 0.555. The monoisotopic (exact) mass is 343 g/mol. The summed E-state index contributed by atoms with van der Waals surface area (Å²) < 4.78 is 4.41. The highest BCUT2D eigenvalue weighted by Crippen LogP contribution is 2.28. The molecule has 4 heterocycles. The molecule has 0 amide bonds. The molecule has 7 nitrogen and oxygen atoms in total. The van der Waals surface area contributed by atoms with Crippen molar-refractivity contribution in [1.82, 2.24) is 34.8 Å². The van der Waals surface area contributed by atoms with E-state index in [1.54, 1.807) is 0 Å². The zero-order valence-electron chi connectivity index (χ0n) is 15.4. The lowest BCUT2D eigenvalue weighted by molar-refractivity contribution is 0.199. The average molecular weight is 343 g/mol. The van der Waals surface area contributed by atoms with Crippen LogP contribution < -0.4 is 5.32 Å². The second-order valence-electron chi connectivity index (χ2n) is 7.82. The summed E-state index contributed by atoms with van der Waals surface area (Å²) in [5.41, 5.74) is 1.32. The Hall–Kier alpha value is -1.73. The first-order valence-corrected chi connectivity index (χ1v) is 9.55. The number of hydrogen-bond acceptors (Lipinski definition) is 5. The highest BCUT2D eigenvalue weighted by molar-refractivity contribution is 5.07. The molecule has 4 rings (SSSR count). The highest BCUT2D eigenvalue weighted by atomic mass is 15.3. The summed E-state index contributed by atoms with van der Waals surface area (Å²) in [6, 6.07) is 0. The van der Waals surface area contributed by atoms with Gasteiger partial charge in [-0.15, -0.1) is 10.2 Å². The Morgan fingerprint density at radius 1 is 1.20 bits per heavy atom. The molecule has 136 valence electrons. The highest BCUT2D eigenvalue weighted by Gasteiger charge is 2.27. The van der Waals surface area contributed by atoms with E-state index in [1.165, 1.54) is 24.2 Å². The van der Waals surface area contributed by atoms with Crippen molar-refractivity contribution in [3.63, 3.8) is 0 Å². The first-order chi connectivity index (χ1) is 12.2. The van der Waals surface area contributed by atoms with Gasteiger partial charge in [0.25, 0.3) is 0 Å². The van der Waals surface area contributed by atoms with Crippen LogP contribution in [0.4, 0.5) is 0 Å². The first-order valence-electron chi connectivity index (χ1n) is 9.55. The van der Waals surface area contributed by atoms with Crippen LogP contribution in [-0.2, 0) is 26.2 Å². The van der Waals surface area contributed by atoms with Gasteiger partial charge in [0.15, 0.2) is 0 Å². The van der Waals surface area contributed by atoms with Crippen LogP contribution in [0.25, 0.3) is 0 Å². The normalized spacial score (nSPS) is 19.5. The predicted octanol–water partition coefficient (Wildman–Crippen LogP) is 1.61. The molecule has 1 N–H and O–H groups in total. The van der Waals surface area contributed by atoms with Gasteiger partial charge in [0.2, 0.25) is 0 Å². The maximum atomic E-state index is 4.50. The lowest BCUT2D eigenvalue weighted by Gasteiger charge is -2.31. The molecule has 2 aromatic heterocycles. The van der Waals surface area contributed by atoms with Crippen LogP contribution in [0.3, 0.4) is 0 Å². The molecule has 1 saturated heterocycles. The quantitative estimate of drug-likeness (QED) is 0.894. The predicted molar refractivity (Wildman–Crippen MR) is 96.0 cm³/mol. The Morgan fingerprint density at radius 3 is 2.84 bits per heavy atom. The average Bonchev–Trinajstić information content (AvgIpc) is 3.22. The summed E-state index contributed by atoms with van der Waals surface area (Å²) in [5, 5.41) is 16.7. The second kappa shape index (κ2) is 7.25. The molecule has 1 fully saturated rings. The zero-order valence-corrected chi connectivity index (χ0v) is 15.4. The van der Waals surface area contributed by atoms with E-state index < -0.39 is 0 Å². The summed E-state index contributed by atoms with van der Waals surface area (Å²) in [7, 11) is 0. The lowest BCUT2D eigenvalue weighted by atomic mass is 9.95. The van der Waals surface area contributed by atoms with E-state index in [4.69, 9.17) is 0 Å². The zero-order chi connectivity index (χ0) is 17.2. The van der Waals surface area contributed by atoms with Crippen molar-refractivity contribution in [1.29, 1.82) is 0 Å². The summed E-state index contributed by atoms with van der Waals surface area (Å²) in [5.74, 6) is 3.49. The van der Waals surface area contributed by atoms with Gasteiger partial charge in [0, 0.05) is 43.9 Å². The second-order valence-corrected chi connectivity index (χ2v) is 7.82. The fourth-order valence-electron chi connectivity index (χ4n) is 3.99. The van der Waals surface area contributed by atoms with Gasteiger partial charge in [0.1, 0.15) is 11.6 Å². The Balaban J connectivity index is 1.32. The van der Waals surface area contributed by atoms with Crippen LogP contribution in [0.5, 0.6) is 0 Å². The van der Waals surface area contributed by atoms with Crippen molar-refractivity contribution in [2.75, 3.05) is 19.6 Å². The van der Waals surface area contributed by atoms with Crippen LogP contribution in [0.1, 0.15) is 49.8 Å². The number of hydrogen-bond donors (Lipinski definition) is 1. The van der Waals surface area contributed by atoms with Crippen molar-refractivity contribution < 1.29 is 0 Å². The molecule has 2 aliphatic rings. The smallest absolute Gasteiger partial charge is 0.147 e. The topological polar surface area (TPSA) is 63.8 Å². The van der Waals surface area contributed by atoms with Gasteiger partial charge in [-0.25, -0.2) is 0 Å². The van der Waals surface area contributed by atoms with Crippen LogP contribution in [-0.4, -0.2) is 49.1 Å². The SMILES string of the molecule is CC(C)Cn1cc(CN2CCC(c3nnc4n3CCNC4)CC2)cn1. The Morgan fingerprint density at radius 2 is 2.04 bits per heavy atom. The Labute approximate surface area is 149 Å². The third-order valence-electron chi connectivity index (χ3n) is 5.25. The number of piperidine rings is 1. The van der Waals surface area contributed by atoms with Crippen molar-refractivity contribution in [2.24, 2.45) is 5.92 Å². The molecule has 2 aliphatic heterocycles. The third kappa shape index (κ3) is 3.77. The van der Waals surface area contributed by atoms with E-state index in [-0.39, 0.29) is 0 Å². The molecule has 0 aliphatic carbocycles. The van der Waals surface area contributed by atoms with Crippen molar-refractivity contribution in [3.05, 3.63) is 29.6 Å². The number of aromatic nitrogens is 5. The van der Waals surface area contributed by atoms with Gasteiger partial charge in [0.05, 0.1) is 12.7 Å². The standard InChI is InChI=1S/C18H29N7/c1-14(2)11-24-13-15(9-20-24)12-23-6-3-16(4-7-23)18-22-21-17-10-19-5-8-25(17)18/h9,13-14,16,19H,3-8,10-12H2,1-2H3. The van der Waals surface area contributed by atoms with E-state index in [0.717, 1.165) is 51.6 Å². The van der Waals surface area contributed by atoms with Crippen LogP contribution in [0.15, 0.2) is 12.4 Å². The van der Waals surface area contributed by atoms with Gasteiger partial charge >= 0.3 is 0 Å². The lowest BCUT2D eigenvalue weighted by Crippen LogP contribution is -2.34. The minimum Gasteiger partial charge on any atom is -0.312 e. The Kier molecular flexibility index (Phi) is 4.85. The molecule has 25 heavy (non-hydrogen) atoms. The molecular formula is C18H29N7. The van der Waals surface area contributed by atoms with Gasteiger partial charge in [-0.05, 0) is 31.8 Å². The molecule has 0 spiro atoms.